The second-order valence-electron chi connectivity index (χ2n) is 2.94. The van der Waals surface area contributed by atoms with Crippen LogP contribution >= 0.6 is 15.9 Å². The van der Waals surface area contributed by atoms with Gasteiger partial charge in [-0.25, -0.2) is 4.79 Å². The number of para-hydroxylation sites is 1. The molecule has 0 saturated heterocycles. The third kappa shape index (κ3) is 3.55. The molecule has 1 unspecified atom stereocenters. The minimum Gasteiger partial charge on any atom is -0.478 e. The molecule has 0 aromatic heterocycles. The molecule has 3 nitrogen and oxygen atoms in total. The van der Waals surface area contributed by atoms with Crippen molar-refractivity contribution in [2.45, 2.75) is 20.0 Å². The minimum absolute atomic E-state index is 0.353. The van der Waals surface area contributed by atoms with Crippen molar-refractivity contribution in [3.05, 3.63) is 28.7 Å². The van der Waals surface area contributed by atoms with E-state index in [4.69, 9.17) is 9.47 Å². The third-order valence-corrected chi connectivity index (χ3v) is 2.41. The van der Waals surface area contributed by atoms with Crippen LogP contribution in [0, 0.1) is 0 Å². The molecule has 0 saturated carbocycles. The number of halogens is 1. The molecule has 0 spiro atoms. The number of ether oxygens (including phenoxy) is 2. The molecule has 82 valence electrons. The topological polar surface area (TPSA) is 35.5 Å². The summed E-state index contributed by atoms with van der Waals surface area (Å²) in [6.07, 6.45) is -0.594. The lowest BCUT2D eigenvalue weighted by atomic mass is 10.3. The first-order valence-corrected chi connectivity index (χ1v) is 5.52. The van der Waals surface area contributed by atoms with Crippen LogP contribution in [0.5, 0.6) is 5.75 Å². The van der Waals surface area contributed by atoms with E-state index in [1.165, 1.54) is 0 Å². The van der Waals surface area contributed by atoms with Crippen molar-refractivity contribution in [3.63, 3.8) is 0 Å². The van der Waals surface area contributed by atoms with Crippen LogP contribution in [0.25, 0.3) is 0 Å². The SMILES string of the molecule is CCOC(=O)C(C)Oc1ccccc1Br. The van der Waals surface area contributed by atoms with Crippen LogP contribution in [0.15, 0.2) is 28.7 Å². The van der Waals surface area contributed by atoms with Crippen LogP contribution in [0.3, 0.4) is 0 Å². The van der Waals surface area contributed by atoms with E-state index >= 15 is 0 Å². The zero-order valence-electron chi connectivity index (χ0n) is 8.70. The Bertz CT molecular complexity index is 338. The molecule has 4 heteroatoms. The second-order valence-corrected chi connectivity index (χ2v) is 3.80. The molecule has 0 bridgehead atoms. The Kier molecular flexibility index (Phi) is 4.62. The molecule has 0 amide bonds. The largest absolute Gasteiger partial charge is 0.478 e. The standard InChI is InChI=1S/C11H13BrO3/c1-3-14-11(13)8(2)15-10-7-5-4-6-9(10)12/h4-8H,3H2,1-2H3. The van der Waals surface area contributed by atoms with Crippen molar-refractivity contribution < 1.29 is 14.3 Å². The van der Waals surface area contributed by atoms with Crippen molar-refractivity contribution in [1.82, 2.24) is 0 Å². The highest BCUT2D eigenvalue weighted by Crippen LogP contribution is 2.24. The van der Waals surface area contributed by atoms with Crippen molar-refractivity contribution in [2.75, 3.05) is 6.61 Å². The van der Waals surface area contributed by atoms with Gasteiger partial charge < -0.3 is 9.47 Å². The van der Waals surface area contributed by atoms with Gasteiger partial charge in [0.25, 0.3) is 0 Å². The van der Waals surface area contributed by atoms with Gasteiger partial charge in [-0.2, -0.15) is 0 Å². The predicted molar refractivity (Wildman–Crippen MR) is 60.9 cm³/mol. The maximum atomic E-state index is 11.3. The molecule has 0 fully saturated rings. The van der Waals surface area contributed by atoms with Gasteiger partial charge in [-0.3, -0.25) is 0 Å². The summed E-state index contributed by atoms with van der Waals surface area (Å²) in [5.74, 6) is 0.284. The van der Waals surface area contributed by atoms with E-state index in [9.17, 15) is 4.79 Å². The lowest BCUT2D eigenvalue weighted by molar-refractivity contribution is -0.150. The van der Waals surface area contributed by atoms with Gasteiger partial charge in [0.05, 0.1) is 11.1 Å². The molecule has 1 aromatic carbocycles. The van der Waals surface area contributed by atoms with E-state index in [-0.39, 0.29) is 5.97 Å². The van der Waals surface area contributed by atoms with Crippen molar-refractivity contribution >= 4 is 21.9 Å². The number of hydrogen-bond acceptors (Lipinski definition) is 3. The Balaban J connectivity index is 2.62. The number of carbonyl (C=O) groups is 1. The first-order valence-electron chi connectivity index (χ1n) is 4.73. The molecule has 0 aliphatic heterocycles. The molecule has 0 radical (unpaired) electrons. The molecule has 0 heterocycles. The molecule has 0 N–H and O–H groups in total. The fourth-order valence-electron chi connectivity index (χ4n) is 1.04. The fourth-order valence-corrected chi connectivity index (χ4v) is 1.42. The third-order valence-electron chi connectivity index (χ3n) is 1.76. The molecule has 0 aliphatic rings. The first kappa shape index (κ1) is 12.0. The van der Waals surface area contributed by atoms with E-state index in [1.807, 2.05) is 18.2 Å². The lowest BCUT2D eigenvalue weighted by Crippen LogP contribution is -2.26. The zero-order valence-corrected chi connectivity index (χ0v) is 10.3. The van der Waals surface area contributed by atoms with Crippen LogP contribution in [-0.4, -0.2) is 18.7 Å². The highest BCUT2D eigenvalue weighted by atomic mass is 79.9. The fraction of sp³-hybridized carbons (Fsp3) is 0.364. The van der Waals surface area contributed by atoms with Crippen LogP contribution in [0.2, 0.25) is 0 Å². The van der Waals surface area contributed by atoms with Gasteiger partial charge in [-0.05, 0) is 41.9 Å². The zero-order chi connectivity index (χ0) is 11.3. The van der Waals surface area contributed by atoms with Crippen molar-refractivity contribution in [2.24, 2.45) is 0 Å². The maximum Gasteiger partial charge on any atom is 0.347 e. The summed E-state index contributed by atoms with van der Waals surface area (Å²) in [6, 6.07) is 7.37. The van der Waals surface area contributed by atoms with E-state index in [0.717, 1.165) is 4.47 Å². The van der Waals surface area contributed by atoms with Gasteiger partial charge in [0, 0.05) is 0 Å². The number of rotatable bonds is 4. The monoisotopic (exact) mass is 272 g/mol. The first-order chi connectivity index (χ1) is 7.15. The van der Waals surface area contributed by atoms with E-state index in [1.54, 1.807) is 19.9 Å². The molecule has 0 aliphatic carbocycles. The summed E-state index contributed by atoms with van der Waals surface area (Å²) in [5.41, 5.74) is 0. The van der Waals surface area contributed by atoms with Gasteiger partial charge in [0.1, 0.15) is 5.75 Å². The minimum atomic E-state index is -0.594. The molecule has 15 heavy (non-hydrogen) atoms. The van der Waals surface area contributed by atoms with E-state index < -0.39 is 6.10 Å². The van der Waals surface area contributed by atoms with Crippen LogP contribution in [0.1, 0.15) is 13.8 Å². The quantitative estimate of drug-likeness (QED) is 0.791. The van der Waals surface area contributed by atoms with Gasteiger partial charge >= 0.3 is 5.97 Å². The summed E-state index contributed by atoms with van der Waals surface area (Å²) in [6.45, 7) is 3.79. The highest BCUT2D eigenvalue weighted by Gasteiger charge is 2.16. The van der Waals surface area contributed by atoms with Gasteiger partial charge in [0.15, 0.2) is 6.10 Å². The van der Waals surface area contributed by atoms with Crippen LogP contribution < -0.4 is 4.74 Å². The Morgan fingerprint density at radius 2 is 2.13 bits per heavy atom. The van der Waals surface area contributed by atoms with Crippen LogP contribution in [-0.2, 0) is 9.53 Å². The van der Waals surface area contributed by atoms with E-state index in [2.05, 4.69) is 15.9 Å². The Morgan fingerprint density at radius 1 is 1.47 bits per heavy atom. The molecular weight excluding hydrogens is 260 g/mol. The summed E-state index contributed by atoms with van der Waals surface area (Å²) >= 11 is 3.34. The van der Waals surface area contributed by atoms with E-state index in [0.29, 0.717) is 12.4 Å². The Labute approximate surface area is 97.5 Å². The Hall–Kier alpha value is -1.03. The summed E-state index contributed by atoms with van der Waals surface area (Å²) in [5, 5.41) is 0. The normalized spacial score (nSPS) is 11.9. The molecular formula is C11H13BrO3. The second kappa shape index (κ2) is 5.75. The number of hydrogen-bond donors (Lipinski definition) is 0. The maximum absolute atomic E-state index is 11.3. The van der Waals surface area contributed by atoms with Crippen LogP contribution in [0.4, 0.5) is 0 Å². The summed E-state index contributed by atoms with van der Waals surface area (Å²) in [7, 11) is 0. The average Bonchev–Trinajstić information content (AvgIpc) is 2.21. The predicted octanol–water partition coefficient (Wildman–Crippen LogP) is 2.78. The van der Waals surface area contributed by atoms with Gasteiger partial charge in [0.2, 0.25) is 0 Å². The summed E-state index contributed by atoms with van der Waals surface area (Å²) in [4.78, 5) is 11.3. The number of carbonyl (C=O) groups excluding carboxylic acids is 1. The smallest absolute Gasteiger partial charge is 0.347 e. The van der Waals surface area contributed by atoms with Gasteiger partial charge in [-0.1, -0.05) is 12.1 Å². The summed E-state index contributed by atoms with van der Waals surface area (Å²) < 4.78 is 11.1. The lowest BCUT2D eigenvalue weighted by Gasteiger charge is -2.14. The van der Waals surface area contributed by atoms with Crippen molar-refractivity contribution in [1.29, 1.82) is 0 Å². The highest BCUT2D eigenvalue weighted by molar-refractivity contribution is 9.10. The Morgan fingerprint density at radius 3 is 2.73 bits per heavy atom. The molecule has 1 atom stereocenters. The number of esters is 1. The van der Waals surface area contributed by atoms with Crippen molar-refractivity contribution in [3.8, 4) is 5.75 Å². The molecule has 1 aromatic rings. The number of benzene rings is 1. The van der Waals surface area contributed by atoms with Gasteiger partial charge in [-0.15, -0.1) is 0 Å². The molecule has 1 rings (SSSR count). The average molecular weight is 273 g/mol.